The molecule has 0 aliphatic carbocycles. The Morgan fingerprint density at radius 1 is 1.50 bits per heavy atom. The normalized spacial score (nSPS) is 12.7. The number of nitrogens with zero attached hydrogens (tertiary/aromatic N) is 2. The van der Waals surface area contributed by atoms with Gasteiger partial charge in [0.05, 0.1) is 6.20 Å². The molecule has 1 heterocycles. The van der Waals surface area contributed by atoms with Gasteiger partial charge in [-0.2, -0.15) is 5.10 Å². The van der Waals surface area contributed by atoms with E-state index in [2.05, 4.69) is 21.0 Å². The number of benzene rings is 1. The van der Waals surface area contributed by atoms with Crippen molar-refractivity contribution in [2.45, 2.75) is 19.4 Å². The van der Waals surface area contributed by atoms with Crippen molar-refractivity contribution >= 4 is 15.9 Å². The van der Waals surface area contributed by atoms with Crippen molar-refractivity contribution in [3.8, 4) is 0 Å². The Kier molecular flexibility index (Phi) is 3.82. The molecule has 0 saturated heterocycles. The van der Waals surface area contributed by atoms with E-state index in [0.717, 1.165) is 21.3 Å². The zero-order chi connectivity index (χ0) is 13.3. The lowest BCUT2D eigenvalue weighted by molar-refractivity contribution is 0.621. The molecule has 0 saturated carbocycles. The van der Waals surface area contributed by atoms with Crippen LogP contribution >= 0.6 is 15.9 Å². The van der Waals surface area contributed by atoms with E-state index in [4.69, 9.17) is 5.73 Å². The van der Waals surface area contributed by atoms with Crippen LogP contribution in [0.4, 0.5) is 4.39 Å². The molecule has 0 aliphatic heterocycles. The third kappa shape index (κ3) is 2.62. The van der Waals surface area contributed by atoms with Gasteiger partial charge in [0.2, 0.25) is 0 Å². The summed E-state index contributed by atoms with van der Waals surface area (Å²) in [5.74, 6) is -0.247. The molecule has 96 valence electrons. The molecule has 1 atom stereocenters. The molecule has 0 spiro atoms. The molecule has 3 nitrogen and oxygen atoms in total. The van der Waals surface area contributed by atoms with Gasteiger partial charge >= 0.3 is 0 Å². The highest BCUT2D eigenvalue weighted by atomic mass is 79.9. The van der Waals surface area contributed by atoms with Crippen LogP contribution in [-0.2, 0) is 13.5 Å². The maximum Gasteiger partial charge on any atom is 0.123 e. The Hall–Kier alpha value is -1.20. The van der Waals surface area contributed by atoms with Crippen LogP contribution in [0.2, 0.25) is 0 Å². The van der Waals surface area contributed by atoms with Crippen molar-refractivity contribution in [3.05, 3.63) is 51.5 Å². The summed E-state index contributed by atoms with van der Waals surface area (Å²) in [6.07, 6.45) is 2.35. The summed E-state index contributed by atoms with van der Waals surface area (Å²) < 4.78 is 15.9. The highest BCUT2D eigenvalue weighted by Crippen LogP contribution is 2.24. The molecular weight excluding hydrogens is 297 g/mol. The van der Waals surface area contributed by atoms with Crippen LogP contribution in [0.1, 0.15) is 22.9 Å². The first-order chi connectivity index (χ1) is 8.49. The summed E-state index contributed by atoms with van der Waals surface area (Å²) >= 11 is 3.41. The minimum atomic E-state index is -0.247. The molecule has 18 heavy (non-hydrogen) atoms. The third-order valence-corrected chi connectivity index (χ3v) is 3.89. The van der Waals surface area contributed by atoms with Gasteiger partial charge in [-0.25, -0.2) is 4.39 Å². The van der Waals surface area contributed by atoms with Gasteiger partial charge in [-0.1, -0.05) is 15.9 Å². The fourth-order valence-electron chi connectivity index (χ4n) is 1.93. The molecule has 2 aromatic rings. The van der Waals surface area contributed by atoms with E-state index >= 15 is 0 Å². The summed E-state index contributed by atoms with van der Waals surface area (Å²) in [5.41, 5.74) is 9.06. The zero-order valence-electron chi connectivity index (χ0n) is 10.3. The second-order valence-corrected chi connectivity index (χ2v) is 5.21. The van der Waals surface area contributed by atoms with E-state index in [9.17, 15) is 4.39 Å². The van der Waals surface area contributed by atoms with Crippen LogP contribution in [0.15, 0.2) is 28.9 Å². The summed E-state index contributed by atoms with van der Waals surface area (Å²) in [7, 11) is 1.88. The predicted octanol–water partition coefficient (Wildman–Crippen LogP) is 2.87. The van der Waals surface area contributed by atoms with Crippen LogP contribution in [0.3, 0.4) is 0 Å². The smallest absolute Gasteiger partial charge is 0.123 e. The van der Waals surface area contributed by atoms with Crippen molar-refractivity contribution in [2.75, 3.05) is 0 Å². The van der Waals surface area contributed by atoms with E-state index in [1.165, 1.54) is 12.1 Å². The third-order valence-electron chi connectivity index (χ3n) is 3.12. The SMILES string of the molecule is Cc1c(C(N)Cc2cc(F)ccc2Br)cnn1C. The first kappa shape index (κ1) is 13.2. The minimum Gasteiger partial charge on any atom is -0.324 e. The lowest BCUT2D eigenvalue weighted by Crippen LogP contribution is -2.14. The Bertz CT molecular complexity index is 565. The molecule has 1 aromatic heterocycles. The van der Waals surface area contributed by atoms with E-state index in [0.29, 0.717) is 6.42 Å². The van der Waals surface area contributed by atoms with Crippen LogP contribution in [0.25, 0.3) is 0 Å². The first-order valence-corrected chi connectivity index (χ1v) is 6.46. The van der Waals surface area contributed by atoms with Gasteiger partial charge < -0.3 is 5.73 Å². The van der Waals surface area contributed by atoms with Crippen LogP contribution in [0, 0.1) is 12.7 Å². The number of hydrogen-bond acceptors (Lipinski definition) is 2. The maximum absolute atomic E-state index is 13.2. The molecule has 1 aromatic carbocycles. The number of nitrogens with two attached hydrogens (primary N) is 1. The molecule has 0 aliphatic rings. The Labute approximate surface area is 114 Å². The van der Waals surface area contributed by atoms with Gasteiger partial charge in [0, 0.05) is 28.8 Å². The molecule has 5 heteroatoms. The summed E-state index contributed by atoms with van der Waals surface area (Å²) in [6.45, 7) is 1.98. The average molecular weight is 312 g/mol. The molecule has 2 rings (SSSR count). The zero-order valence-corrected chi connectivity index (χ0v) is 11.9. The van der Waals surface area contributed by atoms with Crippen molar-refractivity contribution in [1.82, 2.24) is 9.78 Å². The Balaban J connectivity index is 2.23. The standard InChI is InChI=1S/C13H15BrFN3/c1-8-11(7-17-18(8)2)13(16)6-9-5-10(15)3-4-12(9)14/h3-5,7,13H,6,16H2,1-2H3. The minimum absolute atomic E-state index is 0.184. The maximum atomic E-state index is 13.2. The largest absolute Gasteiger partial charge is 0.324 e. The lowest BCUT2D eigenvalue weighted by Gasteiger charge is -2.13. The molecular formula is C13H15BrFN3. The van der Waals surface area contributed by atoms with Gasteiger partial charge in [-0.05, 0) is 37.1 Å². The van der Waals surface area contributed by atoms with Crippen molar-refractivity contribution in [1.29, 1.82) is 0 Å². The average Bonchev–Trinajstić information content (AvgIpc) is 2.65. The van der Waals surface area contributed by atoms with Gasteiger partial charge in [0.15, 0.2) is 0 Å². The van der Waals surface area contributed by atoms with Crippen molar-refractivity contribution < 1.29 is 4.39 Å². The van der Waals surface area contributed by atoms with Gasteiger partial charge in [-0.15, -0.1) is 0 Å². The molecule has 0 bridgehead atoms. The number of aryl methyl sites for hydroxylation is 1. The monoisotopic (exact) mass is 311 g/mol. The molecule has 0 amide bonds. The summed E-state index contributed by atoms with van der Waals surface area (Å²) in [4.78, 5) is 0. The number of halogens is 2. The van der Waals surface area contributed by atoms with Gasteiger partial charge in [0.25, 0.3) is 0 Å². The molecule has 0 fully saturated rings. The number of aromatic nitrogens is 2. The summed E-state index contributed by atoms with van der Waals surface area (Å²) in [6, 6.07) is 4.45. The van der Waals surface area contributed by atoms with Crippen molar-refractivity contribution in [3.63, 3.8) is 0 Å². The fraction of sp³-hybridized carbons (Fsp3) is 0.308. The first-order valence-electron chi connectivity index (χ1n) is 5.67. The second-order valence-electron chi connectivity index (χ2n) is 4.36. The molecule has 1 unspecified atom stereocenters. The molecule has 0 radical (unpaired) electrons. The number of rotatable bonds is 3. The highest BCUT2D eigenvalue weighted by Gasteiger charge is 2.14. The van der Waals surface area contributed by atoms with E-state index in [1.54, 1.807) is 16.9 Å². The van der Waals surface area contributed by atoms with Crippen LogP contribution in [-0.4, -0.2) is 9.78 Å². The quantitative estimate of drug-likeness (QED) is 0.947. The second kappa shape index (κ2) is 5.20. The van der Waals surface area contributed by atoms with E-state index < -0.39 is 0 Å². The van der Waals surface area contributed by atoms with Crippen molar-refractivity contribution in [2.24, 2.45) is 12.8 Å². The lowest BCUT2D eigenvalue weighted by atomic mass is 10.0. The van der Waals surface area contributed by atoms with E-state index in [-0.39, 0.29) is 11.9 Å². The van der Waals surface area contributed by atoms with Crippen LogP contribution < -0.4 is 5.73 Å². The van der Waals surface area contributed by atoms with Crippen LogP contribution in [0.5, 0.6) is 0 Å². The Morgan fingerprint density at radius 3 is 2.83 bits per heavy atom. The Morgan fingerprint density at radius 2 is 2.22 bits per heavy atom. The molecule has 2 N–H and O–H groups in total. The van der Waals surface area contributed by atoms with Gasteiger partial charge in [-0.3, -0.25) is 4.68 Å². The number of hydrogen-bond donors (Lipinski definition) is 1. The highest BCUT2D eigenvalue weighted by molar-refractivity contribution is 9.10. The topological polar surface area (TPSA) is 43.8 Å². The fourth-order valence-corrected chi connectivity index (χ4v) is 2.33. The van der Waals surface area contributed by atoms with E-state index in [1.807, 2.05) is 14.0 Å². The summed E-state index contributed by atoms with van der Waals surface area (Å²) in [5, 5.41) is 4.17. The van der Waals surface area contributed by atoms with Gasteiger partial charge in [0.1, 0.15) is 5.82 Å². The predicted molar refractivity (Wildman–Crippen MR) is 72.7 cm³/mol.